The van der Waals surface area contributed by atoms with Crippen LogP contribution in [0.4, 0.5) is 0 Å². The number of carboxylic acid groups (broad SMARTS) is 1. The molecule has 32 heavy (non-hydrogen) atoms. The van der Waals surface area contributed by atoms with Crippen molar-refractivity contribution in [1.29, 1.82) is 0 Å². The molecule has 3 rings (SSSR count). The zero-order valence-electron chi connectivity index (χ0n) is 16.9. The smallest absolute Gasteiger partial charge is 0.320 e. The lowest BCUT2D eigenvalue weighted by atomic mass is 10.0. The second kappa shape index (κ2) is 9.69. The van der Waals surface area contributed by atoms with Crippen LogP contribution in [-0.2, 0) is 26.0 Å². The van der Waals surface area contributed by atoms with E-state index < -0.39 is 34.5 Å². The van der Waals surface area contributed by atoms with Crippen LogP contribution < -0.4 is 16.2 Å². The van der Waals surface area contributed by atoms with Gasteiger partial charge in [-0.25, -0.2) is 13.1 Å². The van der Waals surface area contributed by atoms with Gasteiger partial charge in [0.1, 0.15) is 11.9 Å². The first kappa shape index (κ1) is 23.1. The Labute approximate surface area is 184 Å². The number of fused-ring (bicyclic) bond motifs is 1. The Morgan fingerprint density at radius 1 is 1.00 bits per heavy atom. The third-order valence-electron chi connectivity index (χ3n) is 4.69. The summed E-state index contributed by atoms with van der Waals surface area (Å²) in [5, 5.41) is 10.6. The number of nitrogens with zero attached hydrogens (tertiary/aromatic N) is 1. The molecule has 3 aromatic carbocycles. The standard InChI is InChI=1S/C22H22N4O5S/c23-19(22(28)29)11-14-4-3-7-17(10-14)21(24)26-20(27)13-25-32(30,31)18-9-8-15-5-1-2-6-16(15)12-18/h1-10,12,19,25H,11,13,23H2,(H,28,29)(H2,24,26,27)/t19-/m0/s1. The molecule has 0 saturated heterocycles. The second-order valence-corrected chi connectivity index (χ2v) is 8.84. The lowest BCUT2D eigenvalue weighted by molar-refractivity contribution is -0.138. The van der Waals surface area contributed by atoms with Gasteiger partial charge in [-0.05, 0) is 41.0 Å². The molecule has 166 valence electrons. The number of aliphatic imine (C=N–C) groups is 1. The van der Waals surface area contributed by atoms with E-state index in [9.17, 15) is 18.0 Å². The topological polar surface area (TPSA) is 165 Å². The Kier molecular flexibility index (Phi) is 6.98. The van der Waals surface area contributed by atoms with Crippen molar-refractivity contribution in [1.82, 2.24) is 4.72 Å². The van der Waals surface area contributed by atoms with E-state index in [2.05, 4.69) is 9.71 Å². The molecule has 6 N–H and O–H groups in total. The van der Waals surface area contributed by atoms with Crippen molar-refractivity contribution in [3.8, 4) is 0 Å². The lowest BCUT2D eigenvalue weighted by Gasteiger charge is -2.09. The molecule has 0 radical (unpaired) electrons. The summed E-state index contributed by atoms with van der Waals surface area (Å²) in [5.74, 6) is -2.03. The molecule has 0 aliphatic heterocycles. The van der Waals surface area contributed by atoms with Crippen molar-refractivity contribution in [2.24, 2.45) is 16.5 Å². The highest BCUT2D eigenvalue weighted by Crippen LogP contribution is 2.18. The van der Waals surface area contributed by atoms with Crippen LogP contribution in [0.5, 0.6) is 0 Å². The van der Waals surface area contributed by atoms with Crippen LogP contribution in [0, 0.1) is 0 Å². The van der Waals surface area contributed by atoms with E-state index in [-0.39, 0.29) is 17.2 Å². The molecule has 0 heterocycles. The van der Waals surface area contributed by atoms with Crippen LogP contribution in [0.3, 0.4) is 0 Å². The number of amidine groups is 1. The normalized spacial score (nSPS) is 13.1. The molecule has 0 fully saturated rings. The Hall–Kier alpha value is -3.60. The van der Waals surface area contributed by atoms with Gasteiger partial charge in [0.05, 0.1) is 11.4 Å². The van der Waals surface area contributed by atoms with Gasteiger partial charge < -0.3 is 16.6 Å². The molecular weight excluding hydrogens is 432 g/mol. The SMILES string of the molecule is NC(=NC(=O)CNS(=O)(=O)c1ccc2ccccc2c1)c1cccc(C[C@H](N)C(=O)O)c1. The van der Waals surface area contributed by atoms with Crippen LogP contribution in [0.25, 0.3) is 10.8 Å². The minimum atomic E-state index is -3.93. The fourth-order valence-electron chi connectivity index (χ4n) is 3.01. The number of benzene rings is 3. The number of aliphatic carboxylic acids is 1. The van der Waals surface area contributed by atoms with Crippen molar-refractivity contribution in [2.45, 2.75) is 17.4 Å². The summed E-state index contributed by atoms with van der Waals surface area (Å²) in [4.78, 5) is 26.9. The van der Waals surface area contributed by atoms with Gasteiger partial charge in [0.25, 0.3) is 5.91 Å². The summed E-state index contributed by atoms with van der Waals surface area (Å²) >= 11 is 0. The van der Waals surface area contributed by atoms with Crippen LogP contribution >= 0.6 is 0 Å². The van der Waals surface area contributed by atoms with Gasteiger partial charge in [0, 0.05) is 5.56 Å². The maximum Gasteiger partial charge on any atom is 0.320 e. The zero-order chi connectivity index (χ0) is 23.3. The average molecular weight is 455 g/mol. The Morgan fingerprint density at radius 3 is 2.44 bits per heavy atom. The van der Waals surface area contributed by atoms with Gasteiger partial charge >= 0.3 is 5.97 Å². The first-order chi connectivity index (χ1) is 15.2. The van der Waals surface area contributed by atoms with Crippen LogP contribution in [0.1, 0.15) is 11.1 Å². The number of sulfonamides is 1. The summed E-state index contributed by atoms with van der Waals surface area (Å²) in [6.07, 6.45) is 0.0793. The summed E-state index contributed by atoms with van der Waals surface area (Å²) < 4.78 is 27.3. The fourth-order valence-corrected chi connectivity index (χ4v) is 4.02. The highest BCUT2D eigenvalue weighted by molar-refractivity contribution is 7.89. The molecule has 10 heteroatoms. The number of nitrogens with one attached hydrogen (secondary N) is 1. The molecule has 3 aromatic rings. The molecule has 0 spiro atoms. The van der Waals surface area contributed by atoms with Gasteiger partial charge in [-0.1, -0.05) is 48.5 Å². The summed E-state index contributed by atoms with van der Waals surface area (Å²) in [6, 6.07) is 17.4. The Bertz CT molecular complexity index is 1300. The van der Waals surface area contributed by atoms with Crippen molar-refractivity contribution in [3.05, 3.63) is 77.9 Å². The monoisotopic (exact) mass is 454 g/mol. The van der Waals surface area contributed by atoms with E-state index in [1.807, 2.05) is 12.1 Å². The van der Waals surface area contributed by atoms with E-state index in [0.29, 0.717) is 11.1 Å². The molecule has 1 amide bonds. The molecular formula is C22H22N4O5S. The van der Waals surface area contributed by atoms with E-state index in [4.69, 9.17) is 16.6 Å². The van der Waals surface area contributed by atoms with Crippen molar-refractivity contribution < 1.29 is 23.1 Å². The number of rotatable bonds is 8. The predicted molar refractivity (Wildman–Crippen MR) is 121 cm³/mol. The fraction of sp³-hybridized carbons (Fsp3) is 0.136. The maximum absolute atomic E-state index is 12.5. The van der Waals surface area contributed by atoms with Crippen LogP contribution in [-0.4, -0.2) is 43.8 Å². The maximum atomic E-state index is 12.5. The predicted octanol–water partition coefficient (Wildman–Crippen LogP) is 1.00. The van der Waals surface area contributed by atoms with Gasteiger partial charge in [-0.15, -0.1) is 0 Å². The first-order valence-electron chi connectivity index (χ1n) is 9.59. The number of carbonyl (C=O) groups excluding carboxylic acids is 1. The number of hydrogen-bond donors (Lipinski definition) is 4. The number of nitrogens with two attached hydrogens (primary N) is 2. The zero-order valence-corrected chi connectivity index (χ0v) is 17.7. The van der Waals surface area contributed by atoms with E-state index in [1.165, 1.54) is 12.1 Å². The third-order valence-corrected chi connectivity index (χ3v) is 6.08. The molecule has 9 nitrogen and oxygen atoms in total. The van der Waals surface area contributed by atoms with Crippen LogP contribution in [0.15, 0.2) is 76.6 Å². The summed E-state index contributed by atoms with van der Waals surface area (Å²) in [6.45, 7) is -0.570. The number of carbonyl (C=O) groups is 2. The molecule has 0 unspecified atom stereocenters. The number of carboxylic acids is 1. The molecule has 0 bridgehead atoms. The van der Waals surface area contributed by atoms with E-state index >= 15 is 0 Å². The summed E-state index contributed by atoms with van der Waals surface area (Å²) in [5.41, 5.74) is 12.4. The van der Waals surface area contributed by atoms with E-state index in [1.54, 1.807) is 42.5 Å². The lowest BCUT2D eigenvalue weighted by Crippen LogP contribution is -2.32. The quantitative estimate of drug-likeness (QED) is 0.291. The molecule has 0 saturated carbocycles. The average Bonchev–Trinajstić information content (AvgIpc) is 2.77. The second-order valence-electron chi connectivity index (χ2n) is 7.07. The minimum absolute atomic E-state index is 0.0309. The number of amides is 1. The highest BCUT2D eigenvalue weighted by Gasteiger charge is 2.17. The molecule has 0 aromatic heterocycles. The van der Waals surface area contributed by atoms with Gasteiger partial charge in [0.15, 0.2) is 0 Å². The van der Waals surface area contributed by atoms with Gasteiger partial charge in [-0.3, -0.25) is 9.59 Å². The first-order valence-corrected chi connectivity index (χ1v) is 11.1. The molecule has 0 aliphatic rings. The minimum Gasteiger partial charge on any atom is -0.480 e. The molecule has 0 aliphatic carbocycles. The molecule has 1 atom stereocenters. The van der Waals surface area contributed by atoms with Crippen molar-refractivity contribution in [2.75, 3.05) is 6.54 Å². The van der Waals surface area contributed by atoms with Crippen molar-refractivity contribution >= 4 is 38.5 Å². The Balaban J connectivity index is 1.68. The van der Waals surface area contributed by atoms with Crippen LogP contribution in [0.2, 0.25) is 0 Å². The third kappa shape index (κ3) is 5.76. The number of hydrogen-bond acceptors (Lipinski definition) is 5. The van der Waals surface area contributed by atoms with Gasteiger partial charge in [-0.2, -0.15) is 4.99 Å². The van der Waals surface area contributed by atoms with Crippen molar-refractivity contribution in [3.63, 3.8) is 0 Å². The van der Waals surface area contributed by atoms with Gasteiger partial charge in [0.2, 0.25) is 10.0 Å². The summed E-state index contributed by atoms with van der Waals surface area (Å²) in [7, 11) is -3.93. The largest absolute Gasteiger partial charge is 0.480 e. The van der Waals surface area contributed by atoms with E-state index in [0.717, 1.165) is 10.8 Å². The highest BCUT2D eigenvalue weighted by atomic mass is 32.2. The Morgan fingerprint density at radius 2 is 1.72 bits per heavy atom.